The minimum Gasteiger partial charge on any atom is -0.482 e. The molecule has 1 aromatic carbocycles. The molecule has 0 fully saturated rings. The molecule has 0 bridgehead atoms. The Balaban J connectivity index is 2.20. The van der Waals surface area contributed by atoms with Crippen molar-refractivity contribution in [2.24, 2.45) is 0 Å². The number of thiol groups is 1. The van der Waals surface area contributed by atoms with Gasteiger partial charge >= 0.3 is 0 Å². The normalized spacial score (nSPS) is 14.5. The maximum atomic E-state index is 11.8. The number of anilines is 1. The molecule has 0 aliphatic carbocycles. The first-order chi connectivity index (χ1) is 8.22. The van der Waals surface area contributed by atoms with E-state index in [1.165, 1.54) is 0 Å². The van der Waals surface area contributed by atoms with Crippen molar-refractivity contribution in [2.75, 3.05) is 23.8 Å². The molecule has 17 heavy (non-hydrogen) atoms. The molecule has 1 amide bonds. The summed E-state index contributed by atoms with van der Waals surface area (Å²) >= 11 is 7.59. The number of amides is 1. The van der Waals surface area contributed by atoms with Crippen LogP contribution in [0.5, 0.6) is 5.75 Å². The summed E-state index contributed by atoms with van der Waals surface area (Å²) in [5.41, 5.74) is 0.856. The van der Waals surface area contributed by atoms with Gasteiger partial charge in [0.15, 0.2) is 6.61 Å². The summed E-state index contributed by atoms with van der Waals surface area (Å²) in [5.74, 6) is 1.65. The minimum absolute atomic E-state index is 0.0229. The Morgan fingerprint density at radius 1 is 1.41 bits per heavy atom. The summed E-state index contributed by atoms with van der Waals surface area (Å²) in [4.78, 5) is 13.6. The zero-order valence-electron chi connectivity index (χ0n) is 9.36. The highest BCUT2D eigenvalue weighted by Gasteiger charge is 2.24. The topological polar surface area (TPSA) is 29.5 Å². The zero-order chi connectivity index (χ0) is 12.3. The Hall–Kier alpha value is -0.680. The van der Waals surface area contributed by atoms with Gasteiger partial charge in [0.05, 0.1) is 5.69 Å². The molecule has 1 aliphatic rings. The molecule has 0 atom stereocenters. The molecule has 0 aromatic heterocycles. The van der Waals surface area contributed by atoms with Crippen LogP contribution in [0.2, 0.25) is 0 Å². The number of nitrogens with zero attached hydrogens (tertiary/aromatic N) is 1. The lowest BCUT2D eigenvalue weighted by Gasteiger charge is -2.29. The Labute approximate surface area is 115 Å². The molecule has 1 heterocycles. The lowest BCUT2D eigenvalue weighted by Crippen LogP contribution is -2.39. The van der Waals surface area contributed by atoms with Gasteiger partial charge in [-0.05, 0) is 36.8 Å². The Bertz CT molecular complexity index is 425. The van der Waals surface area contributed by atoms with Crippen LogP contribution in [-0.4, -0.2) is 24.8 Å². The first-order valence-electron chi connectivity index (χ1n) is 5.56. The zero-order valence-corrected chi connectivity index (χ0v) is 11.8. The molecule has 0 saturated carbocycles. The summed E-state index contributed by atoms with van der Waals surface area (Å²) in [6.07, 6.45) is 1.97. The number of fused-ring (bicyclic) bond motifs is 1. The molecule has 3 nitrogen and oxygen atoms in total. The average Bonchev–Trinajstić information content (AvgIpc) is 2.32. The van der Waals surface area contributed by atoms with Crippen molar-refractivity contribution in [1.82, 2.24) is 0 Å². The Kier molecular flexibility index (Phi) is 4.34. The lowest BCUT2D eigenvalue weighted by atomic mass is 10.2. The third-order valence-corrected chi connectivity index (χ3v) is 3.46. The molecule has 2 rings (SSSR count). The second-order valence-corrected chi connectivity index (χ2v) is 5.24. The van der Waals surface area contributed by atoms with Crippen LogP contribution < -0.4 is 9.64 Å². The third kappa shape index (κ3) is 2.96. The van der Waals surface area contributed by atoms with Crippen molar-refractivity contribution in [3.05, 3.63) is 22.7 Å². The van der Waals surface area contributed by atoms with Gasteiger partial charge in [0.25, 0.3) is 5.91 Å². The maximum absolute atomic E-state index is 11.8. The number of hydrogen-bond acceptors (Lipinski definition) is 3. The van der Waals surface area contributed by atoms with Crippen LogP contribution >= 0.6 is 28.6 Å². The molecule has 0 N–H and O–H groups in total. The van der Waals surface area contributed by atoms with E-state index in [-0.39, 0.29) is 12.5 Å². The van der Waals surface area contributed by atoms with Crippen molar-refractivity contribution in [1.29, 1.82) is 0 Å². The van der Waals surface area contributed by atoms with Gasteiger partial charge in [0.1, 0.15) is 5.75 Å². The predicted molar refractivity (Wildman–Crippen MR) is 75.1 cm³/mol. The summed E-state index contributed by atoms with van der Waals surface area (Å²) in [5, 5.41) is 0. The fourth-order valence-electron chi connectivity index (χ4n) is 1.80. The summed E-state index contributed by atoms with van der Waals surface area (Å²) in [7, 11) is 0. The Morgan fingerprint density at radius 3 is 3.00 bits per heavy atom. The molecule has 0 radical (unpaired) electrons. The van der Waals surface area contributed by atoms with Crippen LogP contribution in [0.4, 0.5) is 5.69 Å². The van der Waals surface area contributed by atoms with Gasteiger partial charge in [0, 0.05) is 11.0 Å². The van der Waals surface area contributed by atoms with Gasteiger partial charge in [0.2, 0.25) is 0 Å². The monoisotopic (exact) mass is 315 g/mol. The second kappa shape index (κ2) is 5.78. The van der Waals surface area contributed by atoms with E-state index >= 15 is 0 Å². The van der Waals surface area contributed by atoms with Crippen LogP contribution in [0, 0.1) is 0 Å². The van der Waals surface area contributed by atoms with Crippen LogP contribution in [0.1, 0.15) is 12.8 Å². The molecule has 5 heteroatoms. The molecule has 92 valence electrons. The summed E-state index contributed by atoms with van der Waals surface area (Å²) in [6, 6.07) is 5.73. The maximum Gasteiger partial charge on any atom is 0.265 e. The quantitative estimate of drug-likeness (QED) is 0.684. The average molecular weight is 316 g/mol. The molecular formula is C12H14BrNO2S. The van der Waals surface area contributed by atoms with Crippen LogP contribution in [-0.2, 0) is 4.79 Å². The molecule has 0 saturated heterocycles. The van der Waals surface area contributed by atoms with E-state index < -0.39 is 0 Å². The van der Waals surface area contributed by atoms with E-state index in [4.69, 9.17) is 4.74 Å². The SMILES string of the molecule is O=C1COc2ccc(Br)cc2N1CCCCS. The number of benzene rings is 1. The third-order valence-electron chi connectivity index (χ3n) is 2.65. The van der Waals surface area contributed by atoms with Crippen molar-refractivity contribution in [2.45, 2.75) is 12.8 Å². The molecule has 0 unspecified atom stereocenters. The van der Waals surface area contributed by atoms with Gasteiger partial charge < -0.3 is 9.64 Å². The number of hydrogen-bond donors (Lipinski definition) is 1. The molecule has 1 aromatic rings. The van der Waals surface area contributed by atoms with Gasteiger partial charge in [-0.3, -0.25) is 4.79 Å². The van der Waals surface area contributed by atoms with Crippen molar-refractivity contribution >= 4 is 40.2 Å². The van der Waals surface area contributed by atoms with E-state index in [2.05, 4.69) is 28.6 Å². The van der Waals surface area contributed by atoms with Crippen molar-refractivity contribution < 1.29 is 9.53 Å². The molecular weight excluding hydrogens is 302 g/mol. The Morgan fingerprint density at radius 2 is 2.24 bits per heavy atom. The van der Waals surface area contributed by atoms with Gasteiger partial charge in [-0.1, -0.05) is 15.9 Å². The number of rotatable bonds is 4. The largest absolute Gasteiger partial charge is 0.482 e. The van der Waals surface area contributed by atoms with Crippen LogP contribution in [0.15, 0.2) is 22.7 Å². The van der Waals surface area contributed by atoms with E-state index in [0.717, 1.165) is 41.0 Å². The fourth-order valence-corrected chi connectivity index (χ4v) is 2.37. The van der Waals surface area contributed by atoms with Gasteiger partial charge in [-0.25, -0.2) is 0 Å². The van der Waals surface area contributed by atoms with E-state index in [0.29, 0.717) is 0 Å². The standard InChI is InChI=1S/C12H14BrNO2S/c13-9-3-4-11-10(7-9)14(5-1-2-6-17)12(15)8-16-11/h3-4,7,17H,1-2,5-6,8H2. The van der Waals surface area contributed by atoms with E-state index in [1.807, 2.05) is 18.2 Å². The lowest BCUT2D eigenvalue weighted by molar-refractivity contribution is -0.121. The minimum atomic E-state index is 0.0229. The highest BCUT2D eigenvalue weighted by molar-refractivity contribution is 9.10. The van der Waals surface area contributed by atoms with Crippen LogP contribution in [0.25, 0.3) is 0 Å². The number of carbonyl (C=O) groups is 1. The highest BCUT2D eigenvalue weighted by atomic mass is 79.9. The van der Waals surface area contributed by atoms with Gasteiger partial charge in [-0.2, -0.15) is 12.6 Å². The summed E-state index contributed by atoms with van der Waals surface area (Å²) in [6.45, 7) is 0.863. The number of carbonyl (C=O) groups excluding carboxylic acids is 1. The first kappa shape index (κ1) is 12.8. The number of ether oxygens (including phenoxy) is 1. The van der Waals surface area contributed by atoms with E-state index in [9.17, 15) is 4.79 Å². The number of unbranched alkanes of at least 4 members (excludes halogenated alkanes) is 1. The molecule has 0 spiro atoms. The van der Waals surface area contributed by atoms with E-state index in [1.54, 1.807) is 4.90 Å². The first-order valence-corrected chi connectivity index (χ1v) is 6.98. The van der Waals surface area contributed by atoms with Crippen LogP contribution in [0.3, 0.4) is 0 Å². The number of halogens is 1. The van der Waals surface area contributed by atoms with Crippen molar-refractivity contribution in [3.63, 3.8) is 0 Å². The van der Waals surface area contributed by atoms with Crippen molar-refractivity contribution in [3.8, 4) is 5.75 Å². The second-order valence-electron chi connectivity index (χ2n) is 3.88. The van der Waals surface area contributed by atoms with Gasteiger partial charge in [-0.15, -0.1) is 0 Å². The predicted octanol–water partition coefficient (Wildman–Crippen LogP) is 2.88. The smallest absolute Gasteiger partial charge is 0.265 e. The summed E-state index contributed by atoms with van der Waals surface area (Å²) < 4.78 is 6.35. The molecule has 1 aliphatic heterocycles. The highest BCUT2D eigenvalue weighted by Crippen LogP contribution is 2.34. The fraction of sp³-hybridized carbons (Fsp3) is 0.417.